The fourth-order valence-corrected chi connectivity index (χ4v) is 2.27. The molecule has 1 saturated heterocycles. The van der Waals surface area contributed by atoms with Crippen molar-refractivity contribution < 1.29 is 18.4 Å². The van der Waals surface area contributed by atoms with Crippen molar-refractivity contribution in [1.82, 2.24) is 15.5 Å². The Hall–Kier alpha value is -2.28. The number of nitrogens with zero attached hydrogens (tertiary/aromatic N) is 2. The third-order valence-corrected chi connectivity index (χ3v) is 3.41. The van der Waals surface area contributed by atoms with E-state index >= 15 is 0 Å². The lowest BCUT2D eigenvalue weighted by atomic mass is 10.1. The maximum Gasteiger partial charge on any atom is 0.255 e. The molecule has 7 heteroatoms. The van der Waals surface area contributed by atoms with Gasteiger partial charge in [-0.1, -0.05) is 17.3 Å². The van der Waals surface area contributed by atoms with Gasteiger partial charge in [-0.15, -0.1) is 0 Å². The van der Waals surface area contributed by atoms with Crippen molar-refractivity contribution in [3.05, 3.63) is 47.4 Å². The van der Waals surface area contributed by atoms with Crippen LogP contribution < -0.4 is 5.32 Å². The molecule has 0 saturated carbocycles. The maximum absolute atomic E-state index is 12.8. The molecule has 1 aromatic carbocycles. The fourth-order valence-electron chi connectivity index (χ4n) is 2.27. The number of hydrogen-bond donors (Lipinski definition) is 1. The lowest BCUT2D eigenvalue weighted by molar-refractivity contribution is -0.120. The summed E-state index contributed by atoms with van der Waals surface area (Å²) in [6.45, 7) is 0.896. The Morgan fingerprint density at radius 2 is 2.18 bits per heavy atom. The van der Waals surface area contributed by atoms with Gasteiger partial charge in [0.15, 0.2) is 5.82 Å². The van der Waals surface area contributed by atoms with Crippen LogP contribution >= 0.6 is 0 Å². The number of ether oxygens (including phenoxy) is 1. The van der Waals surface area contributed by atoms with Crippen LogP contribution in [0.5, 0.6) is 0 Å². The van der Waals surface area contributed by atoms with Crippen molar-refractivity contribution in [2.24, 2.45) is 0 Å². The van der Waals surface area contributed by atoms with E-state index in [-0.39, 0.29) is 30.8 Å². The second kappa shape index (κ2) is 6.65. The third kappa shape index (κ3) is 3.67. The average molecular weight is 305 g/mol. The zero-order valence-electron chi connectivity index (χ0n) is 11.9. The van der Waals surface area contributed by atoms with Crippen molar-refractivity contribution in [3.8, 4) is 0 Å². The summed E-state index contributed by atoms with van der Waals surface area (Å²) >= 11 is 0. The van der Waals surface area contributed by atoms with Crippen molar-refractivity contribution in [2.45, 2.75) is 31.9 Å². The topological polar surface area (TPSA) is 77.2 Å². The van der Waals surface area contributed by atoms with Gasteiger partial charge in [0.1, 0.15) is 11.9 Å². The summed E-state index contributed by atoms with van der Waals surface area (Å²) in [5.74, 6) is 0.367. The molecule has 1 aliphatic rings. The Morgan fingerprint density at radius 1 is 1.36 bits per heavy atom. The first-order valence-electron chi connectivity index (χ1n) is 7.16. The van der Waals surface area contributed by atoms with Crippen LogP contribution in [0.4, 0.5) is 4.39 Å². The largest absolute Gasteiger partial charge is 0.368 e. The van der Waals surface area contributed by atoms with E-state index in [1.54, 1.807) is 12.1 Å². The maximum atomic E-state index is 12.8. The number of nitrogens with one attached hydrogen (secondary N) is 1. The number of carbonyl (C=O) groups excluding carboxylic acids is 1. The molecule has 22 heavy (non-hydrogen) atoms. The van der Waals surface area contributed by atoms with Crippen LogP contribution in [0.3, 0.4) is 0 Å². The summed E-state index contributed by atoms with van der Waals surface area (Å²) in [7, 11) is 0. The van der Waals surface area contributed by atoms with Crippen molar-refractivity contribution in [1.29, 1.82) is 0 Å². The molecule has 0 radical (unpaired) electrons. The van der Waals surface area contributed by atoms with E-state index in [4.69, 9.17) is 9.26 Å². The first-order valence-corrected chi connectivity index (χ1v) is 7.16. The summed E-state index contributed by atoms with van der Waals surface area (Å²) in [6, 6.07) is 5.82. The number of hydrogen-bond acceptors (Lipinski definition) is 5. The monoisotopic (exact) mass is 305 g/mol. The highest BCUT2D eigenvalue weighted by molar-refractivity contribution is 5.78. The summed E-state index contributed by atoms with van der Waals surface area (Å²) in [5.41, 5.74) is 0.743. The molecule has 0 unspecified atom stereocenters. The number of halogens is 1. The Labute approximate surface area is 126 Å². The fraction of sp³-hybridized carbons (Fsp3) is 0.400. The summed E-state index contributed by atoms with van der Waals surface area (Å²) < 4.78 is 23.4. The van der Waals surface area contributed by atoms with Crippen LogP contribution in [0.25, 0.3) is 0 Å². The molecule has 6 nitrogen and oxygen atoms in total. The minimum Gasteiger partial charge on any atom is -0.368 e. The van der Waals surface area contributed by atoms with E-state index < -0.39 is 0 Å². The number of aromatic nitrogens is 2. The molecule has 0 spiro atoms. The van der Waals surface area contributed by atoms with Crippen LogP contribution in [0.2, 0.25) is 0 Å². The van der Waals surface area contributed by atoms with E-state index in [9.17, 15) is 9.18 Å². The molecule has 1 fully saturated rings. The highest BCUT2D eigenvalue weighted by atomic mass is 19.1. The highest BCUT2D eigenvalue weighted by Gasteiger charge is 2.23. The second-order valence-corrected chi connectivity index (χ2v) is 5.13. The van der Waals surface area contributed by atoms with Gasteiger partial charge in [0.2, 0.25) is 5.91 Å². The molecule has 2 heterocycles. The zero-order chi connectivity index (χ0) is 15.4. The Bertz CT molecular complexity index is 636. The van der Waals surface area contributed by atoms with Crippen LogP contribution in [-0.4, -0.2) is 22.7 Å². The lowest BCUT2D eigenvalue weighted by Gasteiger charge is -2.03. The summed E-state index contributed by atoms with van der Waals surface area (Å²) in [6.07, 6.45) is 1.91. The van der Waals surface area contributed by atoms with Gasteiger partial charge < -0.3 is 14.6 Å². The standard InChI is InChI=1S/C15H16FN3O3/c16-11-5-3-10(4-6-11)8-14(20)17-9-13-18-15(22-19-13)12-2-1-7-21-12/h3-6,12H,1-2,7-9H2,(H,17,20)/t12-/m0/s1. The number of benzene rings is 1. The van der Waals surface area contributed by atoms with Crippen LogP contribution in [0.1, 0.15) is 36.2 Å². The molecule has 1 aliphatic heterocycles. The van der Waals surface area contributed by atoms with Gasteiger partial charge in [0.25, 0.3) is 5.89 Å². The summed E-state index contributed by atoms with van der Waals surface area (Å²) in [4.78, 5) is 16.0. The SMILES string of the molecule is O=C(Cc1ccc(F)cc1)NCc1noc([C@@H]2CCCO2)n1. The molecular formula is C15H16FN3O3. The van der Waals surface area contributed by atoms with E-state index in [0.29, 0.717) is 18.3 Å². The number of carbonyl (C=O) groups is 1. The Morgan fingerprint density at radius 3 is 2.91 bits per heavy atom. The molecule has 1 amide bonds. The number of rotatable bonds is 5. The molecule has 1 N–H and O–H groups in total. The highest BCUT2D eigenvalue weighted by Crippen LogP contribution is 2.26. The van der Waals surface area contributed by atoms with Gasteiger partial charge in [-0.25, -0.2) is 4.39 Å². The zero-order valence-corrected chi connectivity index (χ0v) is 11.9. The van der Waals surface area contributed by atoms with E-state index in [0.717, 1.165) is 18.4 Å². The first-order chi connectivity index (χ1) is 10.7. The van der Waals surface area contributed by atoms with Gasteiger partial charge >= 0.3 is 0 Å². The van der Waals surface area contributed by atoms with Crippen LogP contribution in [-0.2, 0) is 22.5 Å². The molecule has 0 bridgehead atoms. The van der Waals surface area contributed by atoms with Crippen LogP contribution in [0.15, 0.2) is 28.8 Å². The lowest BCUT2D eigenvalue weighted by Crippen LogP contribution is -2.25. The Kier molecular flexibility index (Phi) is 4.43. The van der Waals surface area contributed by atoms with Crippen LogP contribution in [0, 0.1) is 5.82 Å². The van der Waals surface area contributed by atoms with Gasteiger partial charge in [-0.3, -0.25) is 4.79 Å². The van der Waals surface area contributed by atoms with Gasteiger partial charge in [0, 0.05) is 6.61 Å². The van der Waals surface area contributed by atoms with Crippen molar-refractivity contribution in [2.75, 3.05) is 6.61 Å². The van der Waals surface area contributed by atoms with E-state index in [1.165, 1.54) is 12.1 Å². The molecule has 1 atom stereocenters. The predicted molar refractivity (Wildman–Crippen MR) is 74.2 cm³/mol. The predicted octanol–water partition coefficient (Wildman–Crippen LogP) is 1.92. The van der Waals surface area contributed by atoms with Gasteiger partial charge in [-0.05, 0) is 30.5 Å². The molecule has 0 aliphatic carbocycles. The second-order valence-electron chi connectivity index (χ2n) is 5.13. The average Bonchev–Trinajstić information content (AvgIpc) is 3.18. The van der Waals surface area contributed by atoms with Crippen molar-refractivity contribution in [3.63, 3.8) is 0 Å². The minimum absolute atomic E-state index is 0.129. The molecule has 1 aromatic heterocycles. The van der Waals surface area contributed by atoms with E-state index in [1.807, 2.05) is 0 Å². The minimum atomic E-state index is -0.322. The molecule has 2 aromatic rings. The smallest absolute Gasteiger partial charge is 0.255 e. The summed E-state index contributed by atoms with van der Waals surface area (Å²) in [5, 5.41) is 6.53. The first kappa shape index (κ1) is 14.6. The van der Waals surface area contributed by atoms with Gasteiger partial charge in [-0.2, -0.15) is 4.98 Å². The normalized spacial score (nSPS) is 17.6. The molecule has 116 valence electrons. The Balaban J connectivity index is 1.49. The van der Waals surface area contributed by atoms with Crippen molar-refractivity contribution >= 4 is 5.91 Å². The molecular weight excluding hydrogens is 289 g/mol. The van der Waals surface area contributed by atoms with E-state index in [2.05, 4.69) is 15.5 Å². The molecule has 3 rings (SSSR count). The third-order valence-electron chi connectivity index (χ3n) is 3.41. The number of amides is 1. The van der Waals surface area contributed by atoms with Gasteiger partial charge in [0.05, 0.1) is 13.0 Å². The quantitative estimate of drug-likeness (QED) is 0.913.